The molecule has 0 aliphatic carbocycles. The molecule has 0 amide bonds. The monoisotopic (exact) mass is 359 g/mol. The van der Waals surface area contributed by atoms with Crippen LogP contribution in [-0.4, -0.2) is 57.3 Å². The number of imidazole rings is 1. The molecule has 0 saturated carbocycles. The van der Waals surface area contributed by atoms with Crippen LogP contribution in [0.5, 0.6) is 0 Å². The fourth-order valence-electron chi connectivity index (χ4n) is 3.43. The van der Waals surface area contributed by atoms with Gasteiger partial charge in [0.2, 0.25) is 5.95 Å². The first-order valence-electron chi connectivity index (χ1n) is 9.66. The van der Waals surface area contributed by atoms with E-state index in [9.17, 15) is 4.79 Å². The van der Waals surface area contributed by atoms with Gasteiger partial charge < -0.3 is 15.2 Å². The minimum absolute atomic E-state index is 0.163. The average Bonchev–Trinajstić information content (AvgIpc) is 2.98. The Hall–Kier alpha value is -2.22. The summed E-state index contributed by atoms with van der Waals surface area (Å²) in [6.45, 7) is 10.5. The molecule has 0 radical (unpaired) electrons. The highest BCUT2D eigenvalue weighted by Gasteiger charge is 2.15. The molecule has 8 nitrogen and oxygen atoms in total. The Bertz CT molecular complexity index is 789. The number of piperidine rings is 1. The minimum Gasteiger partial charge on any atom is -0.354 e. The molecular weight excluding hydrogens is 330 g/mol. The zero-order chi connectivity index (χ0) is 18.4. The number of likely N-dealkylation sites (tertiary alicyclic amines) is 1. The Labute approximate surface area is 153 Å². The molecule has 142 valence electrons. The minimum atomic E-state index is -0.163. The van der Waals surface area contributed by atoms with Crippen LogP contribution in [0, 0.1) is 0 Å². The first-order chi connectivity index (χ1) is 12.7. The van der Waals surface area contributed by atoms with E-state index in [4.69, 9.17) is 0 Å². The van der Waals surface area contributed by atoms with Crippen molar-refractivity contribution in [3.63, 3.8) is 0 Å². The number of hydrogen-bond donors (Lipinski definition) is 2. The standard InChI is InChI=1S/C18H29N7O/c1-3-4-9-20-17-22-15(19-2)14-16(23-17)25(18(26)21-14)13-8-12-24-10-6-5-7-11-24/h2-13H2,1H3,(H,21,26)(H,20,22,23). The van der Waals surface area contributed by atoms with Gasteiger partial charge in [0.25, 0.3) is 0 Å². The third-order valence-corrected chi connectivity index (χ3v) is 4.87. The van der Waals surface area contributed by atoms with Crippen molar-refractivity contribution in [3.8, 4) is 0 Å². The lowest BCUT2D eigenvalue weighted by Gasteiger charge is -2.26. The van der Waals surface area contributed by atoms with E-state index in [1.165, 1.54) is 32.4 Å². The first-order valence-corrected chi connectivity index (χ1v) is 9.66. The second kappa shape index (κ2) is 8.93. The van der Waals surface area contributed by atoms with Crippen LogP contribution in [0.3, 0.4) is 0 Å². The van der Waals surface area contributed by atoms with E-state index in [1.807, 2.05) is 0 Å². The highest BCUT2D eigenvalue weighted by Crippen LogP contribution is 2.21. The Kier molecular flexibility index (Phi) is 6.38. The lowest BCUT2D eigenvalue weighted by Crippen LogP contribution is -2.31. The Balaban J connectivity index is 1.77. The molecule has 0 aromatic carbocycles. The number of aliphatic imine (C=N–C) groups is 1. The van der Waals surface area contributed by atoms with Gasteiger partial charge in [-0.15, -0.1) is 0 Å². The molecule has 8 heteroatoms. The van der Waals surface area contributed by atoms with Gasteiger partial charge in [-0.25, -0.2) is 9.79 Å². The van der Waals surface area contributed by atoms with Gasteiger partial charge in [0.1, 0.15) is 5.52 Å². The van der Waals surface area contributed by atoms with Gasteiger partial charge in [0.05, 0.1) is 0 Å². The number of fused-ring (bicyclic) bond motifs is 1. The number of aryl methyl sites for hydroxylation is 1. The molecule has 1 aliphatic heterocycles. The van der Waals surface area contributed by atoms with Crippen LogP contribution >= 0.6 is 0 Å². The van der Waals surface area contributed by atoms with Crippen molar-refractivity contribution in [1.82, 2.24) is 24.4 Å². The Morgan fingerprint density at radius 2 is 2.00 bits per heavy atom. The van der Waals surface area contributed by atoms with Crippen molar-refractivity contribution in [2.45, 2.75) is 52.0 Å². The van der Waals surface area contributed by atoms with Crippen molar-refractivity contribution in [3.05, 3.63) is 10.5 Å². The number of hydrogen-bond acceptors (Lipinski definition) is 6. The van der Waals surface area contributed by atoms with Gasteiger partial charge in [0, 0.05) is 13.1 Å². The smallest absolute Gasteiger partial charge is 0.327 e. The molecule has 2 aromatic rings. The molecule has 0 bridgehead atoms. The molecule has 3 rings (SSSR count). The summed E-state index contributed by atoms with van der Waals surface area (Å²) in [7, 11) is 0. The van der Waals surface area contributed by atoms with E-state index in [1.54, 1.807) is 4.57 Å². The number of aromatic nitrogens is 4. The predicted octanol–water partition coefficient (Wildman–Crippen LogP) is 2.54. The van der Waals surface area contributed by atoms with Gasteiger partial charge >= 0.3 is 5.69 Å². The number of unbranched alkanes of at least 4 members (excludes halogenated alkanes) is 1. The summed E-state index contributed by atoms with van der Waals surface area (Å²) < 4.78 is 1.70. The summed E-state index contributed by atoms with van der Waals surface area (Å²) in [5.41, 5.74) is 0.998. The van der Waals surface area contributed by atoms with E-state index in [0.29, 0.717) is 29.5 Å². The van der Waals surface area contributed by atoms with Gasteiger partial charge in [-0.3, -0.25) is 4.57 Å². The summed E-state index contributed by atoms with van der Waals surface area (Å²) in [4.78, 5) is 30.6. The van der Waals surface area contributed by atoms with Crippen LogP contribution in [0.4, 0.5) is 11.8 Å². The quantitative estimate of drug-likeness (QED) is 0.530. The number of nitrogens with one attached hydrogen (secondary N) is 2. The lowest BCUT2D eigenvalue weighted by molar-refractivity contribution is 0.223. The molecule has 1 fully saturated rings. The van der Waals surface area contributed by atoms with Gasteiger partial charge in [-0.05, 0) is 52.0 Å². The van der Waals surface area contributed by atoms with E-state index >= 15 is 0 Å². The maximum Gasteiger partial charge on any atom is 0.327 e. The van der Waals surface area contributed by atoms with Crippen molar-refractivity contribution in [2.24, 2.45) is 4.99 Å². The van der Waals surface area contributed by atoms with Gasteiger partial charge in [0.15, 0.2) is 11.5 Å². The SMILES string of the molecule is C=Nc1nc(NCCCC)nc2c1[nH]c(=O)n2CCCN1CCCCC1. The largest absolute Gasteiger partial charge is 0.354 e. The molecule has 1 saturated heterocycles. The molecule has 2 N–H and O–H groups in total. The third kappa shape index (κ3) is 4.30. The summed E-state index contributed by atoms with van der Waals surface area (Å²) in [6, 6.07) is 0. The molecule has 0 spiro atoms. The van der Waals surface area contributed by atoms with E-state index in [0.717, 1.165) is 32.4 Å². The number of rotatable bonds is 9. The fraction of sp³-hybridized carbons (Fsp3) is 0.667. The van der Waals surface area contributed by atoms with Gasteiger partial charge in [-0.2, -0.15) is 9.97 Å². The van der Waals surface area contributed by atoms with Gasteiger partial charge in [-0.1, -0.05) is 19.8 Å². The molecule has 0 unspecified atom stereocenters. The molecule has 0 atom stereocenters. The third-order valence-electron chi connectivity index (χ3n) is 4.87. The molecule has 3 heterocycles. The zero-order valence-electron chi connectivity index (χ0n) is 15.6. The summed E-state index contributed by atoms with van der Waals surface area (Å²) in [5, 5.41) is 3.21. The second-order valence-electron chi connectivity index (χ2n) is 6.85. The maximum atomic E-state index is 12.4. The van der Waals surface area contributed by atoms with E-state index < -0.39 is 0 Å². The van der Waals surface area contributed by atoms with Crippen LogP contribution in [0.2, 0.25) is 0 Å². The number of nitrogens with zero attached hydrogens (tertiary/aromatic N) is 5. The highest BCUT2D eigenvalue weighted by molar-refractivity contribution is 5.83. The van der Waals surface area contributed by atoms with Crippen LogP contribution in [0.25, 0.3) is 11.2 Å². The Morgan fingerprint density at radius 1 is 1.19 bits per heavy atom. The van der Waals surface area contributed by atoms with Crippen molar-refractivity contribution in [1.29, 1.82) is 0 Å². The molecule has 26 heavy (non-hydrogen) atoms. The maximum absolute atomic E-state index is 12.4. The van der Waals surface area contributed by atoms with E-state index in [-0.39, 0.29) is 5.69 Å². The van der Waals surface area contributed by atoms with Crippen molar-refractivity contribution in [2.75, 3.05) is 31.5 Å². The van der Waals surface area contributed by atoms with Crippen LogP contribution in [0.15, 0.2) is 9.79 Å². The number of aromatic amines is 1. The first kappa shape index (κ1) is 18.6. The van der Waals surface area contributed by atoms with E-state index in [2.05, 4.69) is 43.8 Å². The zero-order valence-corrected chi connectivity index (χ0v) is 15.6. The van der Waals surface area contributed by atoms with Crippen molar-refractivity contribution < 1.29 is 0 Å². The summed E-state index contributed by atoms with van der Waals surface area (Å²) >= 11 is 0. The normalized spacial score (nSPS) is 15.4. The van der Waals surface area contributed by atoms with Crippen LogP contribution in [0.1, 0.15) is 45.4 Å². The fourth-order valence-corrected chi connectivity index (χ4v) is 3.43. The molecule has 2 aromatic heterocycles. The Morgan fingerprint density at radius 3 is 2.73 bits per heavy atom. The van der Waals surface area contributed by atoms with Crippen LogP contribution in [-0.2, 0) is 6.54 Å². The van der Waals surface area contributed by atoms with Crippen molar-refractivity contribution >= 4 is 29.6 Å². The average molecular weight is 359 g/mol. The lowest BCUT2D eigenvalue weighted by atomic mass is 10.1. The summed E-state index contributed by atoms with van der Waals surface area (Å²) in [5.74, 6) is 0.915. The molecular formula is C18H29N7O. The second-order valence-corrected chi connectivity index (χ2v) is 6.85. The van der Waals surface area contributed by atoms with Crippen LogP contribution < -0.4 is 11.0 Å². The summed E-state index contributed by atoms with van der Waals surface area (Å²) in [6.07, 6.45) is 6.94. The highest BCUT2D eigenvalue weighted by atomic mass is 16.1. The number of anilines is 1. The molecule has 1 aliphatic rings. The number of H-pyrrole nitrogens is 1. The topological polar surface area (TPSA) is 91.2 Å². The predicted molar refractivity (Wildman–Crippen MR) is 106 cm³/mol.